The van der Waals surface area contributed by atoms with E-state index < -0.39 is 23.7 Å². The molecule has 3 aromatic carbocycles. The Morgan fingerprint density at radius 2 is 1.30 bits per heavy atom. The Labute approximate surface area is 174 Å². The van der Waals surface area contributed by atoms with E-state index in [0.29, 0.717) is 22.4 Å². The average molecular weight is 397 g/mol. The molecule has 0 radical (unpaired) electrons. The minimum absolute atomic E-state index is 0.0953. The lowest BCUT2D eigenvalue weighted by Crippen LogP contribution is -2.30. The number of rotatable bonds is 5. The molecule has 0 aromatic heterocycles. The molecule has 1 aliphatic heterocycles. The lowest BCUT2D eigenvalue weighted by atomic mass is 9.86. The number of carbonyl (C=O) groups is 4. The summed E-state index contributed by atoms with van der Waals surface area (Å²) in [6.07, 6.45) is 0. The topological polar surface area (TPSA) is 71.5 Å². The highest BCUT2D eigenvalue weighted by Gasteiger charge is 2.52. The standard InChI is InChI=1S/C25H19NO4/c1-16(27)17-12-14-20(15-13-17)26-22(18-8-4-2-5-9-18)21(24(29)25(26)30)23(28)19-10-6-3-7-11-19/h2-15,21-22H,1H3. The predicted octanol–water partition coefficient (Wildman–Crippen LogP) is 4.05. The van der Waals surface area contributed by atoms with E-state index in [2.05, 4.69) is 0 Å². The van der Waals surface area contributed by atoms with Gasteiger partial charge in [-0.25, -0.2) is 0 Å². The smallest absolute Gasteiger partial charge is 0.295 e. The second kappa shape index (κ2) is 7.87. The minimum Gasteiger partial charge on any atom is -0.297 e. The molecule has 0 N–H and O–H groups in total. The van der Waals surface area contributed by atoms with Crippen molar-refractivity contribution in [1.29, 1.82) is 0 Å². The molecule has 30 heavy (non-hydrogen) atoms. The second-order valence-corrected chi connectivity index (χ2v) is 7.21. The number of amides is 1. The fourth-order valence-electron chi connectivity index (χ4n) is 3.84. The normalized spacial score (nSPS) is 18.5. The van der Waals surface area contributed by atoms with Crippen LogP contribution in [-0.4, -0.2) is 23.3 Å². The highest BCUT2D eigenvalue weighted by molar-refractivity contribution is 6.49. The van der Waals surface area contributed by atoms with Gasteiger partial charge in [0.15, 0.2) is 11.6 Å². The lowest BCUT2D eigenvalue weighted by molar-refractivity contribution is -0.135. The highest BCUT2D eigenvalue weighted by Crippen LogP contribution is 2.41. The molecule has 148 valence electrons. The summed E-state index contributed by atoms with van der Waals surface area (Å²) in [5, 5.41) is 0. The zero-order valence-corrected chi connectivity index (χ0v) is 16.3. The Balaban J connectivity index is 1.83. The third-order valence-electron chi connectivity index (χ3n) is 5.34. The molecule has 2 unspecified atom stereocenters. The molecule has 2 atom stereocenters. The van der Waals surface area contributed by atoms with Crippen LogP contribution in [0.2, 0.25) is 0 Å². The van der Waals surface area contributed by atoms with E-state index in [1.165, 1.54) is 11.8 Å². The maximum absolute atomic E-state index is 13.3. The van der Waals surface area contributed by atoms with Crippen molar-refractivity contribution in [2.24, 2.45) is 5.92 Å². The molecule has 1 amide bonds. The first-order chi connectivity index (χ1) is 14.5. The lowest BCUT2D eigenvalue weighted by Gasteiger charge is -2.27. The first-order valence-corrected chi connectivity index (χ1v) is 9.61. The molecule has 0 spiro atoms. The number of hydrogen-bond acceptors (Lipinski definition) is 4. The van der Waals surface area contributed by atoms with Crippen LogP contribution in [-0.2, 0) is 9.59 Å². The van der Waals surface area contributed by atoms with E-state index in [0.717, 1.165) is 0 Å². The SMILES string of the molecule is CC(=O)c1ccc(N2C(=O)C(=O)C(C(=O)c3ccccc3)C2c2ccccc2)cc1. The number of benzene rings is 3. The number of nitrogens with zero attached hydrogens (tertiary/aromatic N) is 1. The summed E-state index contributed by atoms with van der Waals surface area (Å²) in [5.74, 6) is -3.08. The quantitative estimate of drug-likeness (QED) is 0.370. The van der Waals surface area contributed by atoms with Crippen molar-refractivity contribution in [3.05, 3.63) is 102 Å². The van der Waals surface area contributed by atoms with Crippen molar-refractivity contribution >= 4 is 28.9 Å². The number of anilines is 1. The molecule has 4 rings (SSSR count). The Morgan fingerprint density at radius 3 is 1.87 bits per heavy atom. The third-order valence-corrected chi connectivity index (χ3v) is 5.34. The van der Waals surface area contributed by atoms with Gasteiger partial charge in [-0.15, -0.1) is 0 Å². The van der Waals surface area contributed by atoms with Crippen LogP contribution < -0.4 is 4.90 Å². The summed E-state index contributed by atoms with van der Waals surface area (Å²) in [4.78, 5) is 52.2. The van der Waals surface area contributed by atoms with Crippen LogP contribution >= 0.6 is 0 Å². The largest absolute Gasteiger partial charge is 0.297 e. The van der Waals surface area contributed by atoms with Crippen LogP contribution in [0.15, 0.2) is 84.9 Å². The molecule has 5 heteroatoms. The summed E-state index contributed by atoms with van der Waals surface area (Å²) < 4.78 is 0. The van der Waals surface area contributed by atoms with Crippen molar-refractivity contribution in [1.82, 2.24) is 0 Å². The number of hydrogen-bond donors (Lipinski definition) is 0. The number of carbonyl (C=O) groups excluding carboxylic acids is 4. The second-order valence-electron chi connectivity index (χ2n) is 7.21. The zero-order valence-electron chi connectivity index (χ0n) is 16.3. The van der Waals surface area contributed by atoms with Crippen molar-refractivity contribution < 1.29 is 19.2 Å². The van der Waals surface area contributed by atoms with Gasteiger partial charge >= 0.3 is 0 Å². The van der Waals surface area contributed by atoms with Gasteiger partial charge < -0.3 is 0 Å². The van der Waals surface area contributed by atoms with Gasteiger partial charge in [0.25, 0.3) is 5.91 Å². The van der Waals surface area contributed by atoms with Crippen LogP contribution in [0.25, 0.3) is 0 Å². The number of ketones is 3. The van der Waals surface area contributed by atoms with Gasteiger partial charge in [0.2, 0.25) is 5.78 Å². The maximum Gasteiger partial charge on any atom is 0.295 e. The molecular formula is C25H19NO4. The van der Waals surface area contributed by atoms with Gasteiger partial charge in [-0.1, -0.05) is 60.7 Å². The van der Waals surface area contributed by atoms with Gasteiger partial charge in [0.1, 0.15) is 5.92 Å². The van der Waals surface area contributed by atoms with E-state index in [4.69, 9.17) is 0 Å². The van der Waals surface area contributed by atoms with Gasteiger partial charge in [0, 0.05) is 16.8 Å². The van der Waals surface area contributed by atoms with Crippen molar-refractivity contribution in [3.8, 4) is 0 Å². The Kier molecular flexibility index (Phi) is 5.11. The summed E-state index contributed by atoms with van der Waals surface area (Å²) >= 11 is 0. The molecule has 5 nitrogen and oxygen atoms in total. The summed E-state index contributed by atoms with van der Waals surface area (Å²) in [7, 11) is 0. The van der Waals surface area contributed by atoms with Crippen LogP contribution in [0.3, 0.4) is 0 Å². The van der Waals surface area contributed by atoms with Crippen LogP contribution in [0.4, 0.5) is 5.69 Å². The van der Waals surface area contributed by atoms with Crippen molar-refractivity contribution in [2.45, 2.75) is 13.0 Å². The van der Waals surface area contributed by atoms with E-state index in [1.54, 1.807) is 66.7 Å². The van der Waals surface area contributed by atoms with Crippen molar-refractivity contribution in [3.63, 3.8) is 0 Å². The first kappa shape index (κ1) is 19.5. The molecule has 0 aliphatic carbocycles. The fourth-order valence-corrected chi connectivity index (χ4v) is 3.84. The maximum atomic E-state index is 13.3. The van der Waals surface area contributed by atoms with Crippen molar-refractivity contribution in [2.75, 3.05) is 4.90 Å². The Bertz CT molecular complexity index is 1120. The predicted molar refractivity (Wildman–Crippen MR) is 112 cm³/mol. The summed E-state index contributed by atoms with van der Waals surface area (Å²) in [5.41, 5.74) is 2.06. The zero-order chi connectivity index (χ0) is 21.3. The fraction of sp³-hybridized carbons (Fsp3) is 0.120. The molecule has 1 fully saturated rings. The summed E-state index contributed by atoms with van der Waals surface area (Å²) in [6.45, 7) is 1.46. The molecule has 1 heterocycles. The Morgan fingerprint density at radius 1 is 0.733 bits per heavy atom. The number of Topliss-reactive ketones (excluding diaryl/α,β-unsaturated/α-hetero) is 3. The van der Waals surface area contributed by atoms with E-state index >= 15 is 0 Å². The molecule has 1 saturated heterocycles. The van der Waals surface area contributed by atoms with E-state index in [1.807, 2.05) is 18.2 Å². The van der Waals surface area contributed by atoms with Gasteiger partial charge in [0.05, 0.1) is 6.04 Å². The Hall–Kier alpha value is -3.86. The van der Waals surface area contributed by atoms with Gasteiger partial charge in [-0.3, -0.25) is 24.1 Å². The summed E-state index contributed by atoms with van der Waals surface area (Å²) in [6, 6.07) is 23.3. The minimum atomic E-state index is -1.14. The van der Waals surface area contributed by atoms with E-state index in [9.17, 15) is 19.2 Å². The highest BCUT2D eigenvalue weighted by atomic mass is 16.2. The monoisotopic (exact) mass is 397 g/mol. The molecule has 3 aromatic rings. The molecule has 1 aliphatic rings. The van der Waals surface area contributed by atoms with Crippen LogP contribution in [0.1, 0.15) is 39.2 Å². The first-order valence-electron chi connectivity index (χ1n) is 9.61. The van der Waals surface area contributed by atoms with Gasteiger partial charge in [-0.05, 0) is 36.8 Å². The van der Waals surface area contributed by atoms with Crippen LogP contribution in [0.5, 0.6) is 0 Å². The van der Waals surface area contributed by atoms with Gasteiger partial charge in [-0.2, -0.15) is 0 Å². The van der Waals surface area contributed by atoms with E-state index in [-0.39, 0.29) is 11.6 Å². The third kappa shape index (κ3) is 3.35. The molecule has 0 saturated carbocycles. The van der Waals surface area contributed by atoms with Crippen LogP contribution in [0, 0.1) is 5.92 Å². The average Bonchev–Trinajstić information content (AvgIpc) is 3.05. The molecule has 0 bridgehead atoms. The molecular weight excluding hydrogens is 378 g/mol.